The first-order chi connectivity index (χ1) is 9.97. The number of rotatable bonds is 5. The van der Waals surface area contributed by atoms with E-state index < -0.39 is 12.7 Å². The SMILES string of the molecule is CC(O)C1CCN(C(=O)Cc2ccccc2OC(F)F)C1. The van der Waals surface area contributed by atoms with Gasteiger partial charge in [0.2, 0.25) is 5.91 Å². The third-order valence-corrected chi connectivity index (χ3v) is 3.79. The molecule has 1 aromatic rings. The van der Waals surface area contributed by atoms with Crippen LogP contribution in [0.5, 0.6) is 5.75 Å². The van der Waals surface area contributed by atoms with Gasteiger partial charge in [0.05, 0.1) is 12.5 Å². The molecule has 1 aliphatic heterocycles. The van der Waals surface area contributed by atoms with Gasteiger partial charge in [-0.1, -0.05) is 18.2 Å². The predicted octanol–water partition coefficient (Wildman–Crippen LogP) is 2.06. The molecular weight excluding hydrogens is 280 g/mol. The zero-order valence-corrected chi connectivity index (χ0v) is 11.8. The highest BCUT2D eigenvalue weighted by Crippen LogP contribution is 2.24. The monoisotopic (exact) mass is 299 g/mol. The van der Waals surface area contributed by atoms with Crippen LogP contribution in [0, 0.1) is 5.92 Å². The number of ether oxygens (including phenoxy) is 1. The minimum absolute atomic E-state index is 0.0232. The van der Waals surface area contributed by atoms with Crippen molar-refractivity contribution in [2.45, 2.75) is 32.5 Å². The van der Waals surface area contributed by atoms with Crippen molar-refractivity contribution in [2.24, 2.45) is 5.92 Å². The molecule has 1 N–H and O–H groups in total. The van der Waals surface area contributed by atoms with E-state index >= 15 is 0 Å². The predicted molar refractivity (Wildman–Crippen MR) is 73.1 cm³/mol. The zero-order chi connectivity index (χ0) is 15.4. The molecule has 0 bridgehead atoms. The molecule has 1 fully saturated rings. The van der Waals surface area contributed by atoms with E-state index in [-0.39, 0.29) is 24.0 Å². The van der Waals surface area contributed by atoms with Crippen LogP contribution in [0.25, 0.3) is 0 Å². The minimum atomic E-state index is -2.91. The van der Waals surface area contributed by atoms with Gasteiger partial charge in [-0.05, 0) is 19.4 Å². The molecule has 0 spiro atoms. The molecule has 0 aromatic heterocycles. The molecular formula is C15H19F2NO3. The summed E-state index contributed by atoms with van der Waals surface area (Å²) in [7, 11) is 0. The summed E-state index contributed by atoms with van der Waals surface area (Å²) in [5, 5.41) is 9.54. The first-order valence-corrected chi connectivity index (χ1v) is 6.96. The Morgan fingerprint density at radius 3 is 2.81 bits per heavy atom. The Labute approximate surface area is 122 Å². The third-order valence-electron chi connectivity index (χ3n) is 3.79. The average Bonchev–Trinajstić information content (AvgIpc) is 2.90. The molecule has 4 nitrogen and oxygen atoms in total. The number of carbonyl (C=O) groups excluding carboxylic acids is 1. The molecule has 1 amide bonds. The summed E-state index contributed by atoms with van der Waals surface area (Å²) in [6.45, 7) is -0.0990. The van der Waals surface area contributed by atoms with Crippen molar-refractivity contribution in [1.82, 2.24) is 4.90 Å². The second-order valence-corrected chi connectivity index (χ2v) is 5.29. The Morgan fingerprint density at radius 2 is 2.19 bits per heavy atom. The smallest absolute Gasteiger partial charge is 0.387 e. The lowest BCUT2D eigenvalue weighted by atomic mass is 10.0. The van der Waals surface area contributed by atoms with E-state index in [1.54, 1.807) is 30.0 Å². The summed E-state index contributed by atoms with van der Waals surface area (Å²) >= 11 is 0. The van der Waals surface area contributed by atoms with E-state index in [4.69, 9.17) is 0 Å². The van der Waals surface area contributed by atoms with E-state index in [1.165, 1.54) is 6.07 Å². The minimum Gasteiger partial charge on any atom is -0.435 e. The van der Waals surface area contributed by atoms with Gasteiger partial charge < -0.3 is 14.7 Å². The van der Waals surface area contributed by atoms with Crippen LogP contribution in [-0.4, -0.2) is 41.7 Å². The average molecular weight is 299 g/mol. The highest BCUT2D eigenvalue weighted by Gasteiger charge is 2.29. The largest absolute Gasteiger partial charge is 0.435 e. The van der Waals surface area contributed by atoms with Crippen LogP contribution in [0.15, 0.2) is 24.3 Å². The lowest BCUT2D eigenvalue weighted by Crippen LogP contribution is -2.31. The van der Waals surface area contributed by atoms with E-state index in [2.05, 4.69) is 4.74 Å². The Balaban J connectivity index is 2.00. The molecule has 2 atom stereocenters. The number of para-hydroxylation sites is 1. The first-order valence-electron chi connectivity index (χ1n) is 6.96. The number of nitrogens with zero attached hydrogens (tertiary/aromatic N) is 1. The number of amides is 1. The quantitative estimate of drug-likeness (QED) is 0.905. The van der Waals surface area contributed by atoms with Gasteiger partial charge in [0.25, 0.3) is 0 Å². The molecule has 0 aliphatic carbocycles. The summed E-state index contributed by atoms with van der Waals surface area (Å²) in [5.74, 6) is -0.0166. The highest BCUT2D eigenvalue weighted by atomic mass is 19.3. The van der Waals surface area contributed by atoms with Crippen LogP contribution in [-0.2, 0) is 11.2 Å². The molecule has 0 radical (unpaired) electrons. The van der Waals surface area contributed by atoms with Crippen LogP contribution in [0.4, 0.5) is 8.78 Å². The highest BCUT2D eigenvalue weighted by molar-refractivity contribution is 5.79. The molecule has 1 aliphatic rings. The van der Waals surface area contributed by atoms with Crippen molar-refractivity contribution in [2.75, 3.05) is 13.1 Å². The second kappa shape index (κ2) is 6.85. The van der Waals surface area contributed by atoms with E-state index in [9.17, 15) is 18.7 Å². The number of carbonyl (C=O) groups is 1. The Bertz CT molecular complexity index is 494. The topological polar surface area (TPSA) is 49.8 Å². The number of halogens is 2. The number of benzene rings is 1. The Morgan fingerprint density at radius 1 is 1.48 bits per heavy atom. The van der Waals surface area contributed by atoms with Crippen molar-refractivity contribution >= 4 is 5.91 Å². The number of hydrogen-bond donors (Lipinski definition) is 1. The lowest BCUT2D eigenvalue weighted by molar-refractivity contribution is -0.129. The van der Waals surface area contributed by atoms with E-state index in [0.29, 0.717) is 18.7 Å². The maximum Gasteiger partial charge on any atom is 0.387 e. The van der Waals surface area contributed by atoms with Gasteiger partial charge in [0.15, 0.2) is 0 Å². The molecule has 1 saturated heterocycles. The van der Waals surface area contributed by atoms with E-state index in [1.807, 2.05) is 0 Å². The van der Waals surface area contributed by atoms with Crippen LogP contribution in [0.3, 0.4) is 0 Å². The Hall–Kier alpha value is -1.69. The summed E-state index contributed by atoms with van der Waals surface area (Å²) in [6, 6.07) is 6.31. The standard InChI is InChI=1S/C15H19F2NO3/c1-10(19)12-6-7-18(9-12)14(20)8-11-4-2-3-5-13(11)21-15(16)17/h2-5,10,12,15,19H,6-9H2,1H3. The molecule has 6 heteroatoms. The molecule has 1 heterocycles. The molecule has 116 valence electrons. The van der Waals surface area contributed by atoms with Crippen molar-refractivity contribution in [1.29, 1.82) is 0 Å². The summed E-state index contributed by atoms with van der Waals surface area (Å²) < 4.78 is 29.1. The lowest BCUT2D eigenvalue weighted by Gasteiger charge is -2.18. The Kier molecular flexibility index (Phi) is 5.12. The van der Waals surface area contributed by atoms with Crippen LogP contribution < -0.4 is 4.74 Å². The molecule has 0 saturated carbocycles. The van der Waals surface area contributed by atoms with Gasteiger partial charge in [-0.3, -0.25) is 4.79 Å². The van der Waals surface area contributed by atoms with Gasteiger partial charge in [-0.15, -0.1) is 0 Å². The van der Waals surface area contributed by atoms with Gasteiger partial charge in [0.1, 0.15) is 5.75 Å². The van der Waals surface area contributed by atoms with Gasteiger partial charge in [-0.2, -0.15) is 8.78 Å². The fourth-order valence-electron chi connectivity index (χ4n) is 2.54. The number of alkyl halides is 2. The molecule has 1 aromatic carbocycles. The van der Waals surface area contributed by atoms with Gasteiger partial charge >= 0.3 is 6.61 Å². The van der Waals surface area contributed by atoms with E-state index in [0.717, 1.165) is 6.42 Å². The summed E-state index contributed by atoms with van der Waals surface area (Å²) in [5.41, 5.74) is 0.447. The zero-order valence-electron chi connectivity index (χ0n) is 11.8. The van der Waals surface area contributed by atoms with Crippen LogP contribution in [0.1, 0.15) is 18.9 Å². The van der Waals surface area contributed by atoms with Crippen LogP contribution in [0.2, 0.25) is 0 Å². The first kappa shape index (κ1) is 15.7. The number of aliphatic hydroxyl groups excluding tert-OH is 1. The maximum atomic E-state index is 12.3. The molecule has 21 heavy (non-hydrogen) atoms. The number of hydrogen-bond acceptors (Lipinski definition) is 3. The van der Waals surface area contributed by atoms with Crippen molar-refractivity contribution in [3.8, 4) is 5.75 Å². The molecule has 2 unspecified atom stereocenters. The summed E-state index contributed by atoms with van der Waals surface area (Å²) in [6.07, 6.45) is 0.339. The van der Waals surface area contributed by atoms with Crippen LogP contribution >= 0.6 is 0 Å². The number of aliphatic hydroxyl groups is 1. The normalized spacial score (nSPS) is 19.9. The second-order valence-electron chi connectivity index (χ2n) is 5.29. The number of likely N-dealkylation sites (tertiary alicyclic amines) is 1. The van der Waals surface area contributed by atoms with Gasteiger partial charge in [-0.25, -0.2) is 0 Å². The van der Waals surface area contributed by atoms with Crippen molar-refractivity contribution in [3.63, 3.8) is 0 Å². The fourth-order valence-corrected chi connectivity index (χ4v) is 2.54. The van der Waals surface area contributed by atoms with Crippen molar-refractivity contribution < 1.29 is 23.4 Å². The molecule has 2 rings (SSSR count). The maximum absolute atomic E-state index is 12.3. The van der Waals surface area contributed by atoms with Gasteiger partial charge in [0, 0.05) is 24.6 Å². The fraction of sp³-hybridized carbons (Fsp3) is 0.533. The van der Waals surface area contributed by atoms with Crippen molar-refractivity contribution in [3.05, 3.63) is 29.8 Å². The third kappa shape index (κ3) is 4.14. The summed E-state index contributed by atoms with van der Waals surface area (Å²) in [4.78, 5) is 13.9.